The standard InChI is InChI=1S/C19H28N2O3/c1-13-7-6-8-16(14(13)2)20-17(22)15-9-11-21(12-10-15)18(23)24-19(3,4)5/h6-8,15H,9-12H2,1-5H3,(H,20,22). The van der Waals surface area contributed by atoms with Crippen molar-refractivity contribution in [1.82, 2.24) is 4.90 Å². The van der Waals surface area contributed by atoms with Gasteiger partial charge in [0.15, 0.2) is 0 Å². The first-order valence-electron chi connectivity index (χ1n) is 8.52. The third kappa shape index (κ3) is 4.73. The number of hydrogen-bond donors (Lipinski definition) is 1. The van der Waals surface area contributed by atoms with E-state index in [1.54, 1.807) is 4.90 Å². The highest BCUT2D eigenvalue weighted by Gasteiger charge is 2.30. The fourth-order valence-corrected chi connectivity index (χ4v) is 2.77. The van der Waals surface area contributed by atoms with Crippen LogP contribution in [0, 0.1) is 19.8 Å². The Morgan fingerprint density at radius 1 is 1.17 bits per heavy atom. The number of carbonyl (C=O) groups excluding carboxylic acids is 2. The number of aryl methyl sites for hydroxylation is 1. The summed E-state index contributed by atoms with van der Waals surface area (Å²) in [6, 6.07) is 5.91. The zero-order chi connectivity index (χ0) is 17.9. The van der Waals surface area contributed by atoms with Crippen LogP contribution in [0.15, 0.2) is 18.2 Å². The van der Waals surface area contributed by atoms with E-state index >= 15 is 0 Å². The van der Waals surface area contributed by atoms with Crippen molar-refractivity contribution in [2.45, 2.75) is 53.1 Å². The number of benzene rings is 1. The van der Waals surface area contributed by atoms with Gasteiger partial charge in [-0.25, -0.2) is 4.79 Å². The van der Waals surface area contributed by atoms with E-state index in [0.717, 1.165) is 16.8 Å². The molecule has 0 bridgehead atoms. The molecule has 1 aromatic carbocycles. The summed E-state index contributed by atoms with van der Waals surface area (Å²) in [6.45, 7) is 10.7. The van der Waals surface area contributed by atoms with Crippen molar-refractivity contribution in [3.05, 3.63) is 29.3 Å². The van der Waals surface area contributed by atoms with Crippen molar-refractivity contribution in [3.63, 3.8) is 0 Å². The normalized spacial score (nSPS) is 16.0. The van der Waals surface area contributed by atoms with E-state index in [-0.39, 0.29) is 17.9 Å². The lowest BCUT2D eigenvalue weighted by Gasteiger charge is -2.33. The van der Waals surface area contributed by atoms with E-state index in [1.165, 1.54) is 0 Å². The van der Waals surface area contributed by atoms with Crippen molar-refractivity contribution in [3.8, 4) is 0 Å². The summed E-state index contributed by atoms with van der Waals surface area (Å²) >= 11 is 0. The van der Waals surface area contributed by atoms with Crippen molar-refractivity contribution in [2.75, 3.05) is 18.4 Å². The van der Waals surface area contributed by atoms with Crippen LogP contribution in [-0.2, 0) is 9.53 Å². The van der Waals surface area contributed by atoms with Gasteiger partial charge in [-0.2, -0.15) is 0 Å². The van der Waals surface area contributed by atoms with E-state index in [4.69, 9.17) is 4.74 Å². The maximum atomic E-state index is 12.5. The molecule has 1 heterocycles. The molecule has 1 N–H and O–H groups in total. The first-order valence-corrected chi connectivity index (χ1v) is 8.52. The van der Waals surface area contributed by atoms with Gasteiger partial charge in [-0.1, -0.05) is 12.1 Å². The maximum absolute atomic E-state index is 12.5. The minimum absolute atomic E-state index is 0.0348. The van der Waals surface area contributed by atoms with Crippen LogP contribution in [0.2, 0.25) is 0 Å². The molecule has 0 aromatic heterocycles. The fourth-order valence-electron chi connectivity index (χ4n) is 2.77. The Kier molecular flexibility index (Phi) is 5.52. The summed E-state index contributed by atoms with van der Waals surface area (Å²) in [6.07, 6.45) is 1.03. The Hall–Kier alpha value is -2.04. The Morgan fingerprint density at radius 3 is 2.38 bits per heavy atom. The van der Waals surface area contributed by atoms with Gasteiger partial charge < -0.3 is 15.0 Å². The van der Waals surface area contributed by atoms with Crippen molar-refractivity contribution >= 4 is 17.7 Å². The summed E-state index contributed by atoms with van der Waals surface area (Å²) in [4.78, 5) is 26.2. The van der Waals surface area contributed by atoms with E-state index < -0.39 is 5.60 Å². The number of rotatable bonds is 2. The third-order valence-corrected chi connectivity index (χ3v) is 4.38. The number of piperidine rings is 1. The highest BCUT2D eigenvalue weighted by atomic mass is 16.6. The number of carbonyl (C=O) groups is 2. The molecule has 0 saturated carbocycles. The number of likely N-dealkylation sites (tertiary alicyclic amines) is 1. The first-order chi connectivity index (χ1) is 11.2. The van der Waals surface area contributed by atoms with Gasteiger partial charge in [0.05, 0.1) is 0 Å². The smallest absolute Gasteiger partial charge is 0.410 e. The quantitative estimate of drug-likeness (QED) is 0.894. The van der Waals surface area contributed by atoms with Crippen LogP contribution in [0.3, 0.4) is 0 Å². The number of ether oxygens (including phenoxy) is 1. The molecule has 2 rings (SSSR count). The van der Waals surface area contributed by atoms with Crippen LogP contribution in [-0.4, -0.2) is 35.6 Å². The molecule has 1 aromatic rings. The van der Waals surface area contributed by atoms with Gasteiger partial charge in [0.1, 0.15) is 5.60 Å². The minimum Gasteiger partial charge on any atom is -0.444 e. The number of nitrogens with one attached hydrogen (secondary N) is 1. The van der Waals surface area contributed by atoms with Gasteiger partial charge in [-0.05, 0) is 64.7 Å². The molecule has 0 unspecified atom stereocenters. The molecular formula is C19H28N2O3. The monoisotopic (exact) mass is 332 g/mol. The van der Waals surface area contributed by atoms with Gasteiger partial charge in [-0.15, -0.1) is 0 Å². The largest absolute Gasteiger partial charge is 0.444 e. The second-order valence-corrected chi connectivity index (χ2v) is 7.48. The summed E-state index contributed by atoms with van der Waals surface area (Å²) in [5, 5.41) is 3.03. The van der Waals surface area contributed by atoms with Crippen LogP contribution < -0.4 is 5.32 Å². The molecule has 24 heavy (non-hydrogen) atoms. The third-order valence-electron chi connectivity index (χ3n) is 4.38. The SMILES string of the molecule is Cc1cccc(NC(=O)C2CCN(C(=O)OC(C)(C)C)CC2)c1C. The van der Waals surface area contributed by atoms with Crippen LogP contribution >= 0.6 is 0 Å². The van der Waals surface area contributed by atoms with E-state index in [0.29, 0.717) is 25.9 Å². The molecule has 1 aliphatic rings. The second-order valence-electron chi connectivity index (χ2n) is 7.48. The summed E-state index contributed by atoms with van der Waals surface area (Å²) in [5.41, 5.74) is 2.63. The van der Waals surface area contributed by atoms with Gasteiger partial charge >= 0.3 is 6.09 Å². The van der Waals surface area contributed by atoms with E-state index in [1.807, 2.05) is 52.8 Å². The lowest BCUT2D eigenvalue weighted by molar-refractivity contribution is -0.121. The number of nitrogens with zero attached hydrogens (tertiary/aromatic N) is 1. The molecule has 1 fully saturated rings. The highest BCUT2D eigenvalue weighted by molar-refractivity contribution is 5.93. The van der Waals surface area contributed by atoms with Crippen LogP contribution in [0.25, 0.3) is 0 Å². The molecule has 1 saturated heterocycles. The van der Waals surface area contributed by atoms with Gasteiger partial charge in [0.25, 0.3) is 0 Å². The van der Waals surface area contributed by atoms with Gasteiger partial charge in [-0.3, -0.25) is 4.79 Å². The topological polar surface area (TPSA) is 58.6 Å². The molecule has 132 valence electrons. The summed E-state index contributed by atoms with van der Waals surface area (Å²) in [5.74, 6) is -0.0314. The number of amides is 2. The summed E-state index contributed by atoms with van der Waals surface area (Å²) in [7, 11) is 0. The zero-order valence-electron chi connectivity index (χ0n) is 15.3. The second kappa shape index (κ2) is 7.24. The highest BCUT2D eigenvalue weighted by Crippen LogP contribution is 2.23. The molecule has 1 aliphatic heterocycles. The van der Waals surface area contributed by atoms with Crippen molar-refractivity contribution < 1.29 is 14.3 Å². The Labute approximate surface area is 144 Å². The van der Waals surface area contributed by atoms with Crippen LogP contribution in [0.4, 0.5) is 10.5 Å². The lowest BCUT2D eigenvalue weighted by atomic mass is 9.95. The van der Waals surface area contributed by atoms with Crippen molar-refractivity contribution in [2.24, 2.45) is 5.92 Å². The average Bonchev–Trinajstić information content (AvgIpc) is 2.50. The van der Waals surface area contributed by atoms with Crippen LogP contribution in [0.5, 0.6) is 0 Å². The van der Waals surface area contributed by atoms with Crippen LogP contribution in [0.1, 0.15) is 44.7 Å². The Morgan fingerprint density at radius 2 is 1.79 bits per heavy atom. The van der Waals surface area contributed by atoms with Crippen molar-refractivity contribution in [1.29, 1.82) is 0 Å². The molecular weight excluding hydrogens is 304 g/mol. The Bertz CT molecular complexity index is 612. The zero-order valence-corrected chi connectivity index (χ0v) is 15.3. The molecule has 5 heteroatoms. The first kappa shape index (κ1) is 18.3. The predicted molar refractivity (Wildman–Crippen MR) is 95.1 cm³/mol. The number of hydrogen-bond acceptors (Lipinski definition) is 3. The van der Waals surface area contributed by atoms with E-state index in [2.05, 4.69) is 5.32 Å². The maximum Gasteiger partial charge on any atom is 0.410 e. The molecule has 0 aliphatic carbocycles. The minimum atomic E-state index is -0.492. The van der Waals surface area contributed by atoms with Gasteiger partial charge in [0, 0.05) is 24.7 Å². The fraction of sp³-hybridized carbons (Fsp3) is 0.579. The molecule has 0 atom stereocenters. The molecule has 0 radical (unpaired) electrons. The lowest BCUT2D eigenvalue weighted by Crippen LogP contribution is -2.43. The average molecular weight is 332 g/mol. The molecule has 2 amide bonds. The molecule has 0 spiro atoms. The molecule has 5 nitrogen and oxygen atoms in total. The van der Waals surface area contributed by atoms with E-state index in [9.17, 15) is 9.59 Å². The summed E-state index contributed by atoms with van der Waals surface area (Å²) < 4.78 is 5.38. The Balaban J connectivity index is 1.89. The predicted octanol–water partition coefficient (Wildman–Crippen LogP) is 3.89. The van der Waals surface area contributed by atoms with Gasteiger partial charge in [0.2, 0.25) is 5.91 Å². The number of anilines is 1.